The van der Waals surface area contributed by atoms with E-state index >= 15 is 0 Å². The van der Waals surface area contributed by atoms with Gasteiger partial charge in [0.25, 0.3) is 0 Å². The summed E-state index contributed by atoms with van der Waals surface area (Å²) in [5.41, 5.74) is 2.43. The van der Waals surface area contributed by atoms with Crippen LogP contribution in [0.1, 0.15) is 19.8 Å². The second-order valence-electron chi connectivity index (χ2n) is 3.45. The summed E-state index contributed by atoms with van der Waals surface area (Å²) in [7, 11) is 0. The largest absolute Gasteiger partial charge is 0.387 e. The van der Waals surface area contributed by atoms with Gasteiger partial charge in [-0.2, -0.15) is 0 Å². The minimum atomic E-state index is 0.169. The van der Waals surface area contributed by atoms with Crippen LogP contribution in [-0.2, 0) is 4.79 Å². The molecule has 0 saturated carbocycles. The van der Waals surface area contributed by atoms with Gasteiger partial charge >= 0.3 is 0 Å². The summed E-state index contributed by atoms with van der Waals surface area (Å²) in [5, 5.41) is 3.22. The van der Waals surface area contributed by atoms with Gasteiger partial charge in [-0.15, -0.1) is 0 Å². The van der Waals surface area contributed by atoms with Crippen LogP contribution in [0.2, 0.25) is 0 Å². The van der Waals surface area contributed by atoms with Crippen molar-refractivity contribution < 1.29 is 4.79 Å². The first-order valence-corrected chi connectivity index (χ1v) is 4.86. The van der Waals surface area contributed by atoms with Gasteiger partial charge in [-0.05, 0) is 12.8 Å². The number of hydrogen-bond donors (Lipinski definition) is 3. The van der Waals surface area contributed by atoms with E-state index < -0.39 is 0 Å². The molecule has 0 aliphatic carbocycles. The molecule has 1 aliphatic rings. The van der Waals surface area contributed by atoms with Crippen molar-refractivity contribution in [2.45, 2.75) is 25.8 Å². The Balaban J connectivity index is 2.22. The van der Waals surface area contributed by atoms with Crippen molar-refractivity contribution in [3.8, 4) is 0 Å². The average molecular weight is 198 g/mol. The van der Waals surface area contributed by atoms with Gasteiger partial charge in [0.05, 0.1) is 0 Å². The number of amides is 1. The molecule has 0 aromatic heterocycles. The highest BCUT2D eigenvalue weighted by Gasteiger charge is 2.19. The van der Waals surface area contributed by atoms with Crippen molar-refractivity contribution in [1.82, 2.24) is 15.6 Å². The fourth-order valence-corrected chi connectivity index (χ4v) is 1.59. The Kier molecular flexibility index (Phi) is 4.25. The first-order chi connectivity index (χ1) is 6.74. The molecule has 1 saturated heterocycles. The van der Waals surface area contributed by atoms with Crippen molar-refractivity contribution in [3.05, 3.63) is 12.4 Å². The third-order valence-electron chi connectivity index (χ3n) is 2.45. The number of hydrogen-bond acceptors (Lipinski definition) is 4. The first-order valence-electron chi connectivity index (χ1n) is 4.86. The Hall–Kier alpha value is -1.23. The molecular formula is C9H18N4O. The average Bonchev–Trinajstić information content (AvgIpc) is 2.19. The summed E-state index contributed by atoms with van der Waals surface area (Å²) in [6.45, 7) is 3.31. The van der Waals surface area contributed by atoms with E-state index in [-0.39, 0.29) is 5.91 Å². The SMILES string of the molecule is CC(=O)N1CCC(N/C=C\NN)CC1. The third kappa shape index (κ3) is 3.26. The van der Waals surface area contributed by atoms with E-state index in [0.29, 0.717) is 6.04 Å². The van der Waals surface area contributed by atoms with Crippen molar-refractivity contribution >= 4 is 5.91 Å². The number of carbonyl (C=O) groups is 1. The van der Waals surface area contributed by atoms with Gasteiger partial charge in [-0.3, -0.25) is 10.6 Å². The maximum Gasteiger partial charge on any atom is 0.219 e. The fourth-order valence-electron chi connectivity index (χ4n) is 1.59. The number of carbonyl (C=O) groups excluding carboxylic acids is 1. The van der Waals surface area contributed by atoms with E-state index in [0.717, 1.165) is 25.9 Å². The molecule has 0 radical (unpaired) electrons. The molecule has 0 spiro atoms. The number of likely N-dealkylation sites (tertiary alicyclic amines) is 1. The molecule has 0 aromatic carbocycles. The number of nitrogens with one attached hydrogen (secondary N) is 2. The van der Waals surface area contributed by atoms with Gasteiger partial charge in [0.2, 0.25) is 5.91 Å². The quantitative estimate of drug-likeness (QED) is 0.423. The molecule has 14 heavy (non-hydrogen) atoms. The molecule has 1 aliphatic heterocycles. The van der Waals surface area contributed by atoms with Crippen molar-refractivity contribution in [3.63, 3.8) is 0 Å². The van der Waals surface area contributed by atoms with Gasteiger partial charge in [0, 0.05) is 38.5 Å². The summed E-state index contributed by atoms with van der Waals surface area (Å²) >= 11 is 0. The van der Waals surface area contributed by atoms with E-state index in [4.69, 9.17) is 5.84 Å². The molecule has 1 fully saturated rings. The van der Waals surface area contributed by atoms with E-state index in [9.17, 15) is 4.79 Å². The van der Waals surface area contributed by atoms with E-state index in [2.05, 4.69) is 10.7 Å². The van der Waals surface area contributed by atoms with Crippen LogP contribution in [0.3, 0.4) is 0 Å². The third-order valence-corrected chi connectivity index (χ3v) is 2.45. The maximum absolute atomic E-state index is 11.0. The normalized spacial score (nSPS) is 18.6. The van der Waals surface area contributed by atoms with Crippen LogP contribution in [0, 0.1) is 0 Å². The molecule has 0 bridgehead atoms. The van der Waals surface area contributed by atoms with Gasteiger partial charge in [0.15, 0.2) is 0 Å². The highest BCUT2D eigenvalue weighted by Crippen LogP contribution is 2.09. The minimum absolute atomic E-state index is 0.169. The molecular weight excluding hydrogens is 180 g/mol. The van der Waals surface area contributed by atoms with Gasteiger partial charge in [-0.1, -0.05) is 0 Å². The second-order valence-corrected chi connectivity index (χ2v) is 3.45. The lowest BCUT2D eigenvalue weighted by Crippen LogP contribution is -2.42. The molecule has 1 heterocycles. The minimum Gasteiger partial charge on any atom is -0.387 e. The van der Waals surface area contributed by atoms with Gasteiger partial charge in [-0.25, -0.2) is 0 Å². The Morgan fingerprint density at radius 2 is 2.07 bits per heavy atom. The smallest absolute Gasteiger partial charge is 0.219 e. The number of hydrazine groups is 1. The summed E-state index contributed by atoms with van der Waals surface area (Å²) in [6, 6.07) is 0.454. The zero-order valence-electron chi connectivity index (χ0n) is 8.49. The number of piperidine rings is 1. The highest BCUT2D eigenvalue weighted by atomic mass is 16.2. The first kappa shape index (κ1) is 10.8. The van der Waals surface area contributed by atoms with Crippen LogP contribution < -0.4 is 16.6 Å². The summed E-state index contributed by atoms with van der Waals surface area (Å²) in [6.07, 6.45) is 5.44. The molecule has 80 valence electrons. The van der Waals surface area contributed by atoms with Crippen LogP contribution in [0.5, 0.6) is 0 Å². The lowest BCUT2D eigenvalue weighted by molar-refractivity contribution is -0.129. The summed E-state index contributed by atoms with van der Waals surface area (Å²) in [4.78, 5) is 12.9. The van der Waals surface area contributed by atoms with Gasteiger partial charge in [0.1, 0.15) is 0 Å². The number of nitrogens with two attached hydrogens (primary N) is 1. The monoisotopic (exact) mass is 198 g/mol. The zero-order valence-corrected chi connectivity index (χ0v) is 8.49. The molecule has 0 aromatic rings. The lowest BCUT2D eigenvalue weighted by Gasteiger charge is -2.31. The molecule has 1 amide bonds. The number of nitrogens with zero attached hydrogens (tertiary/aromatic N) is 1. The molecule has 5 nitrogen and oxygen atoms in total. The number of rotatable bonds is 3. The Labute approximate surface area is 84.3 Å². The standard InChI is InChI=1S/C9H18N4O/c1-8(14)13-6-2-9(3-7-13)11-4-5-12-10/h4-5,9,11-12H,2-3,6-7,10H2,1H3/b5-4-. The van der Waals surface area contributed by atoms with Crippen LogP contribution in [0.25, 0.3) is 0 Å². The second kappa shape index (κ2) is 5.49. The molecule has 5 heteroatoms. The highest BCUT2D eigenvalue weighted by molar-refractivity contribution is 5.73. The zero-order chi connectivity index (χ0) is 10.4. The van der Waals surface area contributed by atoms with Crippen LogP contribution in [0.15, 0.2) is 12.4 Å². The Morgan fingerprint density at radius 3 is 2.57 bits per heavy atom. The topological polar surface area (TPSA) is 70.4 Å². The van der Waals surface area contributed by atoms with E-state index in [1.54, 1.807) is 19.3 Å². The Bertz CT molecular complexity index is 209. The molecule has 0 unspecified atom stereocenters. The van der Waals surface area contributed by atoms with Crippen molar-refractivity contribution in [1.29, 1.82) is 0 Å². The fraction of sp³-hybridized carbons (Fsp3) is 0.667. The molecule has 4 N–H and O–H groups in total. The van der Waals surface area contributed by atoms with Crippen molar-refractivity contribution in [2.24, 2.45) is 5.84 Å². The van der Waals surface area contributed by atoms with Crippen molar-refractivity contribution in [2.75, 3.05) is 13.1 Å². The van der Waals surface area contributed by atoms with E-state index in [1.165, 1.54) is 0 Å². The summed E-state index contributed by atoms with van der Waals surface area (Å²) in [5.74, 6) is 5.25. The molecule has 0 atom stereocenters. The van der Waals surface area contributed by atoms with E-state index in [1.807, 2.05) is 4.90 Å². The predicted molar refractivity (Wildman–Crippen MR) is 54.9 cm³/mol. The van der Waals surface area contributed by atoms with Crippen LogP contribution >= 0.6 is 0 Å². The summed E-state index contributed by atoms with van der Waals surface area (Å²) < 4.78 is 0. The van der Waals surface area contributed by atoms with Crippen LogP contribution in [0.4, 0.5) is 0 Å². The maximum atomic E-state index is 11.0. The van der Waals surface area contributed by atoms with Gasteiger partial charge < -0.3 is 15.6 Å². The lowest BCUT2D eigenvalue weighted by atomic mass is 10.1. The molecule has 1 rings (SSSR count). The van der Waals surface area contributed by atoms with Crippen LogP contribution in [-0.4, -0.2) is 29.9 Å². The Morgan fingerprint density at radius 1 is 1.43 bits per heavy atom. The predicted octanol–water partition coefficient (Wildman–Crippen LogP) is -0.479.